The first-order valence-electron chi connectivity index (χ1n) is 4.08. The van der Waals surface area contributed by atoms with Gasteiger partial charge in [0.05, 0.1) is 14.2 Å². The molecule has 0 spiro atoms. The quantitative estimate of drug-likeness (QED) is 0.721. The van der Waals surface area contributed by atoms with E-state index in [2.05, 4.69) is 9.47 Å². The van der Waals surface area contributed by atoms with Crippen molar-refractivity contribution in [3.63, 3.8) is 0 Å². The van der Waals surface area contributed by atoms with Gasteiger partial charge in [-0.15, -0.1) is 0 Å². The molecule has 0 aromatic heterocycles. The molecule has 94 valence electrons. The summed E-state index contributed by atoms with van der Waals surface area (Å²) in [5.41, 5.74) is -3.91. The second kappa shape index (κ2) is 4.69. The summed E-state index contributed by atoms with van der Waals surface area (Å²) in [4.78, 5) is 21.9. The number of ether oxygens (including phenoxy) is 2. The average molecular weight is 244 g/mol. The number of esters is 2. The summed E-state index contributed by atoms with van der Waals surface area (Å²) in [5.74, 6) is -5.45. The predicted octanol–water partition coefficient (Wildman–Crippen LogP) is 0.262. The standard InChI is InChI=1S/C8H11F3O5/c1-4(5(12)15-2)7(14,6(13)16-3)8(9,10)11/h4,14H,1-3H3. The van der Waals surface area contributed by atoms with Gasteiger partial charge < -0.3 is 14.6 Å². The van der Waals surface area contributed by atoms with E-state index < -0.39 is 29.6 Å². The van der Waals surface area contributed by atoms with Crippen LogP contribution in [0.25, 0.3) is 0 Å². The summed E-state index contributed by atoms with van der Waals surface area (Å²) in [7, 11) is 1.51. The van der Waals surface area contributed by atoms with Crippen molar-refractivity contribution >= 4 is 11.9 Å². The minimum atomic E-state index is -5.34. The Morgan fingerprint density at radius 1 is 1.19 bits per heavy atom. The molecule has 0 saturated carbocycles. The second-order valence-corrected chi connectivity index (χ2v) is 3.00. The Kier molecular flexibility index (Phi) is 4.30. The molecule has 16 heavy (non-hydrogen) atoms. The minimum Gasteiger partial charge on any atom is -0.469 e. The molecule has 0 fully saturated rings. The van der Waals surface area contributed by atoms with E-state index in [0.29, 0.717) is 7.11 Å². The maximum Gasteiger partial charge on any atom is 0.429 e. The summed E-state index contributed by atoms with van der Waals surface area (Å²) < 4.78 is 45.5. The number of aliphatic hydroxyl groups is 1. The van der Waals surface area contributed by atoms with E-state index in [9.17, 15) is 27.9 Å². The lowest BCUT2D eigenvalue weighted by Gasteiger charge is -2.31. The molecule has 0 amide bonds. The van der Waals surface area contributed by atoms with Gasteiger partial charge in [-0.1, -0.05) is 0 Å². The topological polar surface area (TPSA) is 72.8 Å². The molecule has 2 atom stereocenters. The van der Waals surface area contributed by atoms with E-state index in [-0.39, 0.29) is 0 Å². The molecule has 0 saturated heterocycles. The number of hydrogen-bond acceptors (Lipinski definition) is 5. The van der Waals surface area contributed by atoms with Crippen LogP contribution in [0.3, 0.4) is 0 Å². The van der Waals surface area contributed by atoms with Gasteiger partial charge in [0.15, 0.2) is 0 Å². The Labute approximate surface area is 89.1 Å². The van der Waals surface area contributed by atoms with Crippen molar-refractivity contribution in [2.75, 3.05) is 14.2 Å². The molecule has 5 nitrogen and oxygen atoms in total. The van der Waals surface area contributed by atoms with Crippen LogP contribution in [0.2, 0.25) is 0 Å². The van der Waals surface area contributed by atoms with E-state index in [1.807, 2.05) is 0 Å². The van der Waals surface area contributed by atoms with E-state index in [0.717, 1.165) is 14.0 Å². The highest BCUT2D eigenvalue weighted by Crippen LogP contribution is 2.37. The van der Waals surface area contributed by atoms with Gasteiger partial charge in [0.1, 0.15) is 5.92 Å². The molecule has 0 aromatic rings. The average Bonchev–Trinajstić information content (AvgIpc) is 2.22. The van der Waals surface area contributed by atoms with E-state index >= 15 is 0 Å². The van der Waals surface area contributed by atoms with Gasteiger partial charge in [0.25, 0.3) is 5.60 Å². The third kappa shape index (κ3) is 2.26. The van der Waals surface area contributed by atoms with Gasteiger partial charge in [-0.25, -0.2) is 4.79 Å². The predicted molar refractivity (Wildman–Crippen MR) is 44.2 cm³/mol. The van der Waals surface area contributed by atoms with Crippen LogP contribution in [0.5, 0.6) is 0 Å². The molecule has 0 aliphatic rings. The zero-order valence-electron chi connectivity index (χ0n) is 8.79. The zero-order chi connectivity index (χ0) is 13.1. The molecule has 0 radical (unpaired) electrons. The number of halogens is 3. The van der Waals surface area contributed by atoms with Crippen molar-refractivity contribution in [2.24, 2.45) is 5.92 Å². The Morgan fingerprint density at radius 3 is 1.88 bits per heavy atom. The normalized spacial score (nSPS) is 17.2. The van der Waals surface area contributed by atoms with Crippen LogP contribution in [-0.4, -0.2) is 43.0 Å². The van der Waals surface area contributed by atoms with E-state index in [1.54, 1.807) is 0 Å². The third-order valence-electron chi connectivity index (χ3n) is 2.11. The number of methoxy groups -OCH3 is 2. The van der Waals surface area contributed by atoms with Crippen molar-refractivity contribution in [3.8, 4) is 0 Å². The SMILES string of the molecule is COC(=O)C(C)C(O)(C(=O)OC)C(F)(F)F. The molecule has 8 heteroatoms. The number of carbonyl (C=O) groups excluding carboxylic acids is 2. The first-order chi connectivity index (χ1) is 7.12. The van der Waals surface area contributed by atoms with Crippen LogP contribution < -0.4 is 0 Å². The van der Waals surface area contributed by atoms with E-state index in [1.165, 1.54) is 0 Å². The highest BCUT2D eigenvalue weighted by atomic mass is 19.4. The van der Waals surface area contributed by atoms with Gasteiger partial charge in [-0.2, -0.15) is 13.2 Å². The number of rotatable bonds is 3. The van der Waals surface area contributed by atoms with Crippen molar-refractivity contribution in [2.45, 2.75) is 18.7 Å². The Morgan fingerprint density at radius 2 is 1.62 bits per heavy atom. The summed E-state index contributed by atoms with van der Waals surface area (Å²) in [6.45, 7) is 0.718. The van der Waals surface area contributed by atoms with E-state index in [4.69, 9.17) is 0 Å². The zero-order valence-corrected chi connectivity index (χ0v) is 8.79. The van der Waals surface area contributed by atoms with Crippen molar-refractivity contribution in [1.82, 2.24) is 0 Å². The minimum absolute atomic E-state index is 0.670. The molecule has 2 unspecified atom stereocenters. The number of carbonyl (C=O) groups is 2. The monoisotopic (exact) mass is 244 g/mol. The van der Waals surface area contributed by atoms with Gasteiger partial charge in [0, 0.05) is 0 Å². The lowest BCUT2D eigenvalue weighted by Crippen LogP contribution is -2.59. The van der Waals surface area contributed by atoms with Crippen LogP contribution in [0.4, 0.5) is 13.2 Å². The molecule has 0 aliphatic heterocycles. The Bertz CT molecular complexity index is 288. The summed E-state index contributed by atoms with van der Waals surface area (Å²) in [6, 6.07) is 0. The molecule has 0 rings (SSSR count). The van der Waals surface area contributed by atoms with Gasteiger partial charge in [-0.05, 0) is 6.92 Å². The van der Waals surface area contributed by atoms with Crippen LogP contribution in [0.1, 0.15) is 6.92 Å². The summed E-state index contributed by atoms with van der Waals surface area (Å²) >= 11 is 0. The maximum absolute atomic E-state index is 12.5. The maximum atomic E-state index is 12.5. The van der Waals surface area contributed by atoms with Crippen LogP contribution in [0, 0.1) is 5.92 Å². The molecule has 0 aliphatic carbocycles. The van der Waals surface area contributed by atoms with Gasteiger partial charge in [0.2, 0.25) is 0 Å². The lowest BCUT2D eigenvalue weighted by molar-refractivity contribution is -0.276. The van der Waals surface area contributed by atoms with Crippen molar-refractivity contribution in [1.29, 1.82) is 0 Å². The van der Waals surface area contributed by atoms with Crippen LogP contribution >= 0.6 is 0 Å². The number of hydrogen-bond donors (Lipinski definition) is 1. The molecule has 0 heterocycles. The first-order valence-corrected chi connectivity index (χ1v) is 4.08. The van der Waals surface area contributed by atoms with Crippen molar-refractivity contribution < 1.29 is 37.3 Å². The second-order valence-electron chi connectivity index (χ2n) is 3.00. The van der Waals surface area contributed by atoms with Gasteiger partial charge >= 0.3 is 18.1 Å². The highest BCUT2D eigenvalue weighted by Gasteiger charge is 2.66. The molecule has 1 N–H and O–H groups in total. The molecular formula is C8H11F3O5. The highest BCUT2D eigenvalue weighted by molar-refractivity contribution is 5.88. The largest absolute Gasteiger partial charge is 0.469 e. The van der Waals surface area contributed by atoms with Crippen LogP contribution in [-0.2, 0) is 19.1 Å². The van der Waals surface area contributed by atoms with Gasteiger partial charge in [-0.3, -0.25) is 4.79 Å². The number of alkyl halides is 3. The summed E-state index contributed by atoms with van der Waals surface area (Å²) in [5, 5.41) is 9.29. The van der Waals surface area contributed by atoms with Crippen molar-refractivity contribution in [3.05, 3.63) is 0 Å². The molecule has 0 bridgehead atoms. The fourth-order valence-corrected chi connectivity index (χ4v) is 1.04. The Balaban J connectivity index is 5.42. The summed E-state index contributed by atoms with van der Waals surface area (Å²) in [6.07, 6.45) is -5.34. The third-order valence-corrected chi connectivity index (χ3v) is 2.11. The molecule has 0 aromatic carbocycles. The lowest BCUT2D eigenvalue weighted by atomic mass is 9.88. The first kappa shape index (κ1) is 14.7. The molecular weight excluding hydrogens is 233 g/mol. The fraction of sp³-hybridized carbons (Fsp3) is 0.750. The smallest absolute Gasteiger partial charge is 0.429 e. The van der Waals surface area contributed by atoms with Crippen LogP contribution in [0.15, 0.2) is 0 Å². The fourth-order valence-electron chi connectivity index (χ4n) is 1.04. The Hall–Kier alpha value is -1.31.